The molecule has 0 radical (unpaired) electrons. The third-order valence-corrected chi connectivity index (χ3v) is 4.27. The predicted molar refractivity (Wildman–Crippen MR) is 104 cm³/mol. The normalized spacial score (nSPS) is 10.6. The van der Waals surface area contributed by atoms with E-state index in [4.69, 9.17) is 4.74 Å². The Morgan fingerprint density at radius 3 is 2.33 bits per heavy atom. The number of carbonyl (C=O) groups is 1. The van der Waals surface area contributed by atoms with E-state index in [-0.39, 0.29) is 19.1 Å². The Morgan fingerprint density at radius 1 is 1.04 bits per heavy atom. The van der Waals surface area contributed by atoms with E-state index >= 15 is 0 Å². The first-order chi connectivity index (χ1) is 13.0. The zero-order valence-corrected chi connectivity index (χ0v) is 15.9. The van der Waals surface area contributed by atoms with E-state index in [2.05, 4.69) is 46.4 Å². The van der Waals surface area contributed by atoms with Gasteiger partial charge in [-0.3, -0.25) is 4.79 Å². The molecule has 6 nitrogen and oxygen atoms in total. The molecule has 0 spiro atoms. The second kappa shape index (κ2) is 8.49. The van der Waals surface area contributed by atoms with Crippen molar-refractivity contribution in [2.75, 3.05) is 11.9 Å². The van der Waals surface area contributed by atoms with Crippen LogP contribution in [-0.4, -0.2) is 28.0 Å². The third-order valence-electron chi connectivity index (χ3n) is 4.27. The second-order valence-corrected chi connectivity index (χ2v) is 6.75. The summed E-state index contributed by atoms with van der Waals surface area (Å²) in [5.41, 5.74) is 5.27. The van der Waals surface area contributed by atoms with Gasteiger partial charge in [0.2, 0.25) is 0 Å². The highest BCUT2D eigenvalue weighted by molar-refractivity contribution is 5.69. The number of hydrogen-bond donors (Lipinski definition) is 0. The van der Waals surface area contributed by atoms with Crippen molar-refractivity contribution in [3.05, 3.63) is 77.1 Å². The van der Waals surface area contributed by atoms with Gasteiger partial charge < -0.3 is 9.64 Å². The highest BCUT2D eigenvalue weighted by atomic mass is 16.5. The quantitative estimate of drug-likeness (QED) is 0.602. The lowest BCUT2D eigenvalue weighted by Gasteiger charge is -2.17. The minimum absolute atomic E-state index is 0.0487. The molecule has 0 amide bonds. The van der Waals surface area contributed by atoms with Crippen molar-refractivity contribution in [1.29, 1.82) is 0 Å². The number of carbonyl (C=O) groups excluding carboxylic acids is 1. The minimum atomic E-state index is -0.334. The molecule has 6 heteroatoms. The molecule has 0 aliphatic carbocycles. The molecule has 1 heterocycles. The monoisotopic (exact) mass is 364 g/mol. The first kappa shape index (κ1) is 18.6. The van der Waals surface area contributed by atoms with Gasteiger partial charge in [0.25, 0.3) is 0 Å². The molecule has 3 aromatic rings. The smallest absolute Gasteiger partial charge is 0.328 e. The first-order valence-electron chi connectivity index (χ1n) is 8.87. The number of rotatable bonds is 7. The van der Waals surface area contributed by atoms with Gasteiger partial charge >= 0.3 is 5.97 Å². The number of aromatic nitrogens is 3. The number of aryl methyl sites for hydroxylation is 2. The number of anilines is 1. The molecule has 0 saturated heterocycles. The maximum absolute atomic E-state index is 12.0. The fourth-order valence-corrected chi connectivity index (χ4v) is 2.65. The fourth-order valence-electron chi connectivity index (χ4n) is 2.65. The summed E-state index contributed by atoms with van der Waals surface area (Å²) < 4.78 is 6.81. The summed E-state index contributed by atoms with van der Waals surface area (Å²) in [7, 11) is 2.00. The van der Waals surface area contributed by atoms with Gasteiger partial charge in [0.05, 0.1) is 12.7 Å². The zero-order chi connectivity index (χ0) is 19.2. The van der Waals surface area contributed by atoms with Crippen LogP contribution in [0.3, 0.4) is 0 Å². The molecule has 27 heavy (non-hydrogen) atoms. The van der Waals surface area contributed by atoms with Crippen molar-refractivity contribution in [3.8, 4) is 0 Å². The third kappa shape index (κ3) is 5.41. The molecular formula is C21H24N4O2. The zero-order valence-electron chi connectivity index (χ0n) is 15.9. The van der Waals surface area contributed by atoms with Gasteiger partial charge in [0, 0.05) is 12.7 Å². The van der Waals surface area contributed by atoms with Crippen LogP contribution in [0.4, 0.5) is 5.69 Å². The number of benzene rings is 2. The minimum Gasteiger partial charge on any atom is -0.459 e. The van der Waals surface area contributed by atoms with Crippen LogP contribution in [0.1, 0.15) is 22.4 Å². The average molecular weight is 364 g/mol. The van der Waals surface area contributed by atoms with E-state index in [9.17, 15) is 4.79 Å². The molecule has 0 aliphatic rings. The number of esters is 1. The van der Waals surface area contributed by atoms with E-state index in [0.29, 0.717) is 6.54 Å². The number of ether oxygens (including phenoxy) is 1. The number of hydrogen-bond acceptors (Lipinski definition) is 5. The standard InChI is InChI=1S/C21H24N4O2/c1-16-4-8-18(9-5-16)15-27-21(26)14-25-13-19(22-23-25)12-24(3)20-10-6-17(2)7-11-20/h4-11,13H,12,14-15H2,1-3H3. The van der Waals surface area contributed by atoms with E-state index in [1.807, 2.05) is 38.2 Å². The lowest BCUT2D eigenvalue weighted by molar-refractivity contribution is -0.145. The average Bonchev–Trinajstić information content (AvgIpc) is 3.08. The Balaban J connectivity index is 1.50. The summed E-state index contributed by atoms with van der Waals surface area (Å²) in [6, 6.07) is 16.2. The molecule has 0 saturated carbocycles. The van der Waals surface area contributed by atoms with Gasteiger partial charge in [0.1, 0.15) is 18.8 Å². The van der Waals surface area contributed by atoms with Gasteiger partial charge in [-0.25, -0.2) is 4.68 Å². The van der Waals surface area contributed by atoms with Crippen molar-refractivity contribution in [2.45, 2.75) is 33.5 Å². The van der Waals surface area contributed by atoms with Crippen molar-refractivity contribution in [2.24, 2.45) is 0 Å². The lowest BCUT2D eigenvalue weighted by Crippen LogP contribution is -2.16. The highest BCUT2D eigenvalue weighted by Crippen LogP contribution is 2.15. The summed E-state index contributed by atoms with van der Waals surface area (Å²) >= 11 is 0. The van der Waals surface area contributed by atoms with Gasteiger partial charge in [-0.2, -0.15) is 0 Å². The van der Waals surface area contributed by atoms with E-state index in [1.165, 1.54) is 15.8 Å². The van der Waals surface area contributed by atoms with Gasteiger partial charge in [-0.05, 0) is 31.5 Å². The second-order valence-electron chi connectivity index (χ2n) is 6.75. The molecule has 0 atom stereocenters. The van der Waals surface area contributed by atoms with Crippen LogP contribution < -0.4 is 4.90 Å². The fraction of sp³-hybridized carbons (Fsp3) is 0.286. The van der Waals surface area contributed by atoms with Gasteiger partial charge in [0.15, 0.2) is 0 Å². The Hall–Kier alpha value is -3.15. The van der Waals surface area contributed by atoms with Gasteiger partial charge in [-0.15, -0.1) is 5.10 Å². The Kier molecular flexibility index (Phi) is 5.86. The molecule has 0 bridgehead atoms. The van der Waals surface area contributed by atoms with Crippen molar-refractivity contribution in [3.63, 3.8) is 0 Å². The molecule has 140 valence electrons. The van der Waals surface area contributed by atoms with E-state index in [0.717, 1.165) is 16.9 Å². The molecule has 0 unspecified atom stereocenters. The maximum Gasteiger partial charge on any atom is 0.328 e. The molecule has 2 aromatic carbocycles. The Morgan fingerprint density at radius 2 is 1.67 bits per heavy atom. The topological polar surface area (TPSA) is 60.2 Å². The lowest BCUT2D eigenvalue weighted by atomic mass is 10.2. The predicted octanol–water partition coefficient (Wildman–Crippen LogP) is 3.27. The molecule has 3 rings (SSSR count). The van der Waals surface area contributed by atoms with E-state index in [1.54, 1.807) is 6.20 Å². The van der Waals surface area contributed by atoms with Crippen LogP contribution in [0.2, 0.25) is 0 Å². The summed E-state index contributed by atoms with van der Waals surface area (Å²) in [5, 5.41) is 8.17. The Labute approximate surface area is 159 Å². The molecule has 1 aromatic heterocycles. The van der Waals surface area contributed by atoms with Crippen LogP contribution in [0, 0.1) is 13.8 Å². The van der Waals surface area contributed by atoms with Crippen LogP contribution >= 0.6 is 0 Å². The SMILES string of the molecule is Cc1ccc(COC(=O)Cn2cc(CN(C)c3ccc(C)cc3)nn2)cc1. The maximum atomic E-state index is 12.0. The van der Waals surface area contributed by atoms with Gasteiger partial charge in [-0.1, -0.05) is 52.7 Å². The van der Waals surface area contributed by atoms with Crippen LogP contribution in [0.5, 0.6) is 0 Å². The molecule has 0 aliphatic heterocycles. The molecular weight excluding hydrogens is 340 g/mol. The largest absolute Gasteiger partial charge is 0.459 e. The first-order valence-corrected chi connectivity index (χ1v) is 8.87. The summed E-state index contributed by atoms with van der Waals surface area (Å²) in [6.07, 6.45) is 1.78. The summed E-state index contributed by atoms with van der Waals surface area (Å²) in [4.78, 5) is 14.1. The van der Waals surface area contributed by atoms with Crippen molar-refractivity contribution < 1.29 is 9.53 Å². The number of nitrogens with zero attached hydrogens (tertiary/aromatic N) is 4. The van der Waals surface area contributed by atoms with E-state index < -0.39 is 0 Å². The molecule has 0 fully saturated rings. The van der Waals surface area contributed by atoms with Crippen molar-refractivity contribution >= 4 is 11.7 Å². The molecule has 0 N–H and O–H groups in total. The van der Waals surface area contributed by atoms with Crippen LogP contribution in [-0.2, 0) is 29.2 Å². The summed E-state index contributed by atoms with van der Waals surface area (Å²) in [5.74, 6) is -0.334. The highest BCUT2D eigenvalue weighted by Gasteiger charge is 2.10. The summed E-state index contributed by atoms with van der Waals surface area (Å²) in [6.45, 7) is 5.01. The Bertz CT molecular complexity index is 885. The van der Waals surface area contributed by atoms with Crippen molar-refractivity contribution in [1.82, 2.24) is 15.0 Å². The van der Waals surface area contributed by atoms with Crippen LogP contribution in [0.15, 0.2) is 54.7 Å². The van der Waals surface area contributed by atoms with Crippen LogP contribution in [0.25, 0.3) is 0 Å².